The summed E-state index contributed by atoms with van der Waals surface area (Å²) in [6, 6.07) is 7.82. The molecule has 2 aromatic rings. The Labute approximate surface area is 115 Å². The van der Waals surface area contributed by atoms with E-state index in [1.165, 1.54) is 19.4 Å². The average molecular weight is 272 g/mol. The van der Waals surface area contributed by atoms with E-state index in [1.807, 2.05) is 0 Å². The lowest BCUT2D eigenvalue weighted by molar-refractivity contribution is 0.0995. The van der Waals surface area contributed by atoms with Gasteiger partial charge in [-0.1, -0.05) is 0 Å². The molecule has 0 unspecified atom stereocenters. The van der Waals surface area contributed by atoms with E-state index in [0.29, 0.717) is 22.8 Å². The molecule has 0 aliphatic heterocycles. The molecule has 0 radical (unpaired) electrons. The average Bonchev–Trinajstić information content (AvgIpc) is 2.48. The molecule has 0 fully saturated rings. The number of benzene rings is 1. The summed E-state index contributed by atoms with van der Waals surface area (Å²) in [5.74, 6) is 0.678. The van der Waals surface area contributed by atoms with Gasteiger partial charge in [0.25, 0.3) is 5.91 Å². The van der Waals surface area contributed by atoms with Crippen LogP contribution in [-0.4, -0.2) is 24.3 Å². The van der Waals surface area contributed by atoms with Crippen LogP contribution in [0.4, 0.5) is 0 Å². The standard InChI is InChI=1S/C14H12N2O4/c1-19-13-6-9(8-17)2-5-12(13)20-10-3-4-11(14(15)18)16-7-10/h2-8H,1H3,(H2,15,18). The maximum Gasteiger partial charge on any atom is 0.267 e. The number of aromatic nitrogens is 1. The minimum atomic E-state index is -0.607. The lowest BCUT2D eigenvalue weighted by Gasteiger charge is -2.10. The Kier molecular flexibility index (Phi) is 3.95. The predicted molar refractivity (Wildman–Crippen MR) is 71.2 cm³/mol. The Bertz CT molecular complexity index is 638. The molecule has 0 saturated heterocycles. The summed E-state index contributed by atoms with van der Waals surface area (Å²) in [5, 5.41) is 0. The SMILES string of the molecule is COc1cc(C=O)ccc1Oc1ccc(C(N)=O)nc1. The Hall–Kier alpha value is -2.89. The molecule has 2 rings (SSSR count). The Morgan fingerprint density at radius 3 is 2.60 bits per heavy atom. The fraction of sp³-hybridized carbons (Fsp3) is 0.0714. The molecule has 0 aliphatic rings. The summed E-state index contributed by atoms with van der Waals surface area (Å²) in [6.45, 7) is 0. The van der Waals surface area contributed by atoms with Crippen molar-refractivity contribution in [2.45, 2.75) is 0 Å². The van der Waals surface area contributed by atoms with E-state index in [9.17, 15) is 9.59 Å². The fourth-order valence-corrected chi connectivity index (χ4v) is 1.56. The Morgan fingerprint density at radius 2 is 2.05 bits per heavy atom. The third kappa shape index (κ3) is 2.92. The molecule has 0 atom stereocenters. The van der Waals surface area contributed by atoms with Gasteiger partial charge in [-0.3, -0.25) is 9.59 Å². The van der Waals surface area contributed by atoms with E-state index in [1.54, 1.807) is 24.3 Å². The molecule has 2 N–H and O–H groups in total. The molecule has 1 aromatic carbocycles. The zero-order chi connectivity index (χ0) is 14.5. The second-order valence-electron chi connectivity index (χ2n) is 3.87. The number of carbonyl (C=O) groups excluding carboxylic acids is 2. The number of nitrogens with zero attached hydrogens (tertiary/aromatic N) is 1. The molecule has 6 nitrogen and oxygen atoms in total. The Morgan fingerprint density at radius 1 is 1.25 bits per heavy atom. The number of carbonyl (C=O) groups is 2. The third-order valence-corrected chi connectivity index (χ3v) is 2.54. The van der Waals surface area contributed by atoms with Gasteiger partial charge in [0.15, 0.2) is 11.5 Å². The largest absolute Gasteiger partial charge is 0.493 e. The zero-order valence-electron chi connectivity index (χ0n) is 10.7. The molecule has 20 heavy (non-hydrogen) atoms. The first-order valence-corrected chi connectivity index (χ1v) is 5.71. The molecule has 0 spiro atoms. The fourth-order valence-electron chi connectivity index (χ4n) is 1.56. The Balaban J connectivity index is 2.25. The summed E-state index contributed by atoms with van der Waals surface area (Å²) in [5.41, 5.74) is 5.73. The number of amides is 1. The van der Waals surface area contributed by atoms with Gasteiger partial charge in [-0.15, -0.1) is 0 Å². The van der Waals surface area contributed by atoms with Crippen LogP contribution in [0.1, 0.15) is 20.8 Å². The first-order chi connectivity index (χ1) is 9.63. The summed E-state index contributed by atoms with van der Waals surface area (Å²) < 4.78 is 10.7. The minimum Gasteiger partial charge on any atom is -0.493 e. The molecular weight excluding hydrogens is 260 g/mol. The second-order valence-corrected chi connectivity index (χ2v) is 3.87. The van der Waals surface area contributed by atoms with E-state index >= 15 is 0 Å². The van der Waals surface area contributed by atoms with Crippen LogP contribution in [0.3, 0.4) is 0 Å². The molecule has 0 saturated carbocycles. The van der Waals surface area contributed by atoms with Gasteiger partial charge in [-0.25, -0.2) is 4.98 Å². The second kappa shape index (κ2) is 5.83. The predicted octanol–water partition coefficient (Wildman–Crippen LogP) is 1.79. The highest BCUT2D eigenvalue weighted by atomic mass is 16.5. The van der Waals surface area contributed by atoms with Crippen LogP contribution >= 0.6 is 0 Å². The number of ether oxygens (including phenoxy) is 2. The van der Waals surface area contributed by atoms with Crippen molar-refractivity contribution in [2.75, 3.05) is 7.11 Å². The van der Waals surface area contributed by atoms with Crippen LogP contribution in [0, 0.1) is 0 Å². The third-order valence-electron chi connectivity index (χ3n) is 2.54. The molecular formula is C14H12N2O4. The smallest absolute Gasteiger partial charge is 0.267 e. The monoisotopic (exact) mass is 272 g/mol. The lowest BCUT2D eigenvalue weighted by atomic mass is 10.2. The topological polar surface area (TPSA) is 91.5 Å². The number of rotatable bonds is 5. The van der Waals surface area contributed by atoms with E-state index in [2.05, 4.69) is 4.98 Å². The van der Waals surface area contributed by atoms with Crippen molar-refractivity contribution in [3.63, 3.8) is 0 Å². The maximum absolute atomic E-state index is 10.9. The van der Waals surface area contributed by atoms with Crippen LogP contribution in [0.25, 0.3) is 0 Å². The summed E-state index contributed by atoms with van der Waals surface area (Å²) in [4.78, 5) is 25.5. The summed E-state index contributed by atoms with van der Waals surface area (Å²) in [6.07, 6.45) is 2.10. The lowest BCUT2D eigenvalue weighted by Crippen LogP contribution is -2.12. The molecule has 1 heterocycles. The molecule has 1 amide bonds. The van der Waals surface area contributed by atoms with Crippen molar-refractivity contribution in [3.05, 3.63) is 47.8 Å². The van der Waals surface area contributed by atoms with Crippen molar-refractivity contribution in [1.82, 2.24) is 4.98 Å². The van der Waals surface area contributed by atoms with E-state index in [4.69, 9.17) is 15.2 Å². The van der Waals surface area contributed by atoms with E-state index < -0.39 is 5.91 Å². The molecule has 102 valence electrons. The van der Waals surface area contributed by atoms with Crippen LogP contribution in [0.15, 0.2) is 36.5 Å². The van der Waals surface area contributed by atoms with Gasteiger partial charge in [-0.05, 0) is 30.3 Å². The zero-order valence-corrected chi connectivity index (χ0v) is 10.7. The van der Waals surface area contributed by atoms with Crippen LogP contribution < -0.4 is 15.2 Å². The number of hydrogen-bond donors (Lipinski definition) is 1. The quantitative estimate of drug-likeness (QED) is 0.838. The van der Waals surface area contributed by atoms with Gasteiger partial charge < -0.3 is 15.2 Å². The van der Waals surface area contributed by atoms with Gasteiger partial charge >= 0.3 is 0 Å². The van der Waals surface area contributed by atoms with E-state index in [-0.39, 0.29) is 5.69 Å². The molecule has 6 heteroatoms. The number of aldehydes is 1. The number of hydrogen-bond acceptors (Lipinski definition) is 5. The van der Waals surface area contributed by atoms with Crippen molar-refractivity contribution in [2.24, 2.45) is 5.73 Å². The van der Waals surface area contributed by atoms with Gasteiger partial charge in [-0.2, -0.15) is 0 Å². The van der Waals surface area contributed by atoms with E-state index in [0.717, 1.165) is 6.29 Å². The summed E-state index contributed by atoms with van der Waals surface area (Å²) >= 11 is 0. The number of methoxy groups -OCH3 is 1. The molecule has 0 aliphatic carbocycles. The van der Waals surface area contributed by atoms with Gasteiger partial charge in [0.2, 0.25) is 0 Å². The van der Waals surface area contributed by atoms with Crippen molar-refractivity contribution in [3.8, 4) is 17.2 Å². The molecule has 1 aromatic heterocycles. The van der Waals surface area contributed by atoms with Crippen molar-refractivity contribution in [1.29, 1.82) is 0 Å². The highest BCUT2D eigenvalue weighted by Gasteiger charge is 2.08. The van der Waals surface area contributed by atoms with Gasteiger partial charge in [0.05, 0.1) is 13.3 Å². The minimum absolute atomic E-state index is 0.153. The number of nitrogens with two attached hydrogens (primary N) is 1. The highest BCUT2D eigenvalue weighted by molar-refractivity contribution is 5.90. The van der Waals surface area contributed by atoms with Crippen LogP contribution in [0.2, 0.25) is 0 Å². The molecule has 0 bridgehead atoms. The van der Waals surface area contributed by atoms with Crippen molar-refractivity contribution >= 4 is 12.2 Å². The first-order valence-electron chi connectivity index (χ1n) is 5.71. The highest BCUT2D eigenvalue weighted by Crippen LogP contribution is 2.31. The van der Waals surface area contributed by atoms with Crippen LogP contribution in [0.5, 0.6) is 17.2 Å². The normalized spacial score (nSPS) is 9.85. The number of primary amides is 1. The van der Waals surface area contributed by atoms with Gasteiger partial charge in [0, 0.05) is 5.56 Å². The van der Waals surface area contributed by atoms with Crippen molar-refractivity contribution < 1.29 is 19.1 Å². The van der Waals surface area contributed by atoms with Crippen LogP contribution in [-0.2, 0) is 0 Å². The number of pyridine rings is 1. The summed E-state index contributed by atoms with van der Waals surface area (Å²) in [7, 11) is 1.48. The maximum atomic E-state index is 10.9. The first kappa shape index (κ1) is 13.5. The van der Waals surface area contributed by atoms with Gasteiger partial charge in [0.1, 0.15) is 17.7 Å².